The van der Waals surface area contributed by atoms with Crippen molar-refractivity contribution in [3.8, 4) is 0 Å². The van der Waals surface area contributed by atoms with Gasteiger partial charge in [0.25, 0.3) is 0 Å². The van der Waals surface area contributed by atoms with Crippen LogP contribution < -0.4 is 5.32 Å². The molecule has 0 aromatic heterocycles. The second-order valence-electron chi connectivity index (χ2n) is 6.04. The van der Waals surface area contributed by atoms with E-state index in [1.165, 1.54) is 17.5 Å². The van der Waals surface area contributed by atoms with Crippen LogP contribution in [0.3, 0.4) is 0 Å². The normalized spacial score (nSPS) is 11.8. The molecule has 0 heterocycles. The van der Waals surface area contributed by atoms with Crippen molar-refractivity contribution in [2.75, 3.05) is 26.8 Å². The van der Waals surface area contributed by atoms with E-state index in [0.717, 1.165) is 32.5 Å². The van der Waals surface area contributed by atoms with E-state index < -0.39 is 0 Å². The molecule has 1 aromatic rings. The minimum Gasteiger partial charge on any atom is -0.379 e. The van der Waals surface area contributed by atoms with E-state index in [4.69, 9.17) is 9.47 Å². The van der Waals surface area contributed by atoms with Crippen molar-refractivity contribution >= 4 is 0 Å². The standard InChI is InChI=1S/C18H31NO2/c1-5-12-19-13-10-16-8-6-7-9-17(16)15-21-14-11-18(2,3)20-4/h6-9,19H,5,10-15H2,1-4H3. The molecule has 0 saturated carbocycles. The summed E-state index contributed by atoms with van der Waals surface area (Å²) in [6.07, 6.45) is 3.15. The highest BCUT2D eigenvalue weighted by atomic mass is 16.5. The van der Waals surface area contributed by atoms with Crippen molar-refractivity contribution in [1.82, 2.24) is 5.32 Å². The summed E-state index contributed by atoms with van der Waals surface area (Å²) >= 11 is 0. The van der Waals surface area contributed by atoms with Gasteiger partial charge in [0.05, 0.1) is 12.2 Å². The average molecular weight is 293 g/mol. The Morgan fingerprint density at radius 3 is 2.48 bits per heavy atom. The summed E-state index contributed by atoms with van der Waals surface area (Å²) in [7, 11) is 1.75. The van der Waals surface area contributed by atoms with Crippen LogP contribution in [0.15, 0.2) is 24.3 Å². The number of methoxy groups -OCH3 is 1. The largest absolute Gasteiger partial charge is 0.379 e. The van der Waals surface area contributed by atoms with Gasteiger partial charge < -0.3 is 14.8 Å². The maximum Gasteiger partial charge on any atom is 0.0719 e. The highest BCUT2D eigenvalue weighted by molar-refractivity contribution is 5.26. The zero-order chi connectivity index (χ0) is 15.6. The number of ether oxygens (including phenoxy) is 2. The van der Waals surface area contributed by atoms with Crippen LogP contribution in [0.4, 0.5) is 0 Å². The van der Waals surface area contributed by atoms with Crippen LogP contribution in [-0.4, -0.2) is 32.4 Å². The Hall–Kier alpha value is -0.900. The van der Waals surface area contributed by atoms with Gasteiger partial charge in [0.2, 0.25) is 0 Å². The summed E-state index contributed by atoms with van der Waals surface area (Å²) in [4.78, 5) is 0. The van der Waals surface area contributed by atoms with Crippen molar-refractivity contribution in [3.05, 3.63) is 35.4 Å². The summed E-state index contributed by atoms with van der Waals surface area (Å²) in [5, 5.41) is 3.45. The maximum atomic E-state index is 5.83. The van der Waals surface area contributed by atoms with Crippen LogP contribution in [0.2, 0.25) is 0 Å². The molecule has 3 heteroatoms. The Balaban J connectivity index is 2.37. The van der Waals surface area contributed by atoms with Gasteiger partial charge in [-0.2, -0.15) is 0 Å². The van der Waals surface area contributed by atoms with Gasteiger partial charge in [0, 0.05) is 13.7 Å². The summed E-state index contributed by atoms with van der Waals surface area (Å²) in [5.74, 6) is 0. The molecule has 0 atom stereocenters. The summed E-state index contributed by atoms with van der Waals surface area (Å²) < 4.78 is 11.2. The van der Waals surface area contributed by atoms with Gasteiger partial charge in [0.15, 0.2) is 0 Å². The zero-order valence-electron chi connectivity index (χ0n) is 14.1. The second kappa shape index (κ2) is 9.93. The van der Waals surface area contributed by atoms with Gasteiger partial charge in [-0.1, -0.05) is 31.2 Å². The third kappa shape index (κ3) is 7.60. The van der Waals surface area contributed by atoms with Gasteiger partial charge >= 0.3 is 0 Å². The predicted octanol–water partition coefficient (Wildman–Crippen LogP) is 3.56. The number of benzene rings is 1. The first kappa shape index (κ1) is 18.1. The zero-order valence-corrected chi connectivity index (χ0v) is 14.1. The second-order valence-corrected chi connectivity index (χ2v) is 6.04. The van der Waals surface area contributed by atoms with Crippen LogP contribution in [0, 0.1) is 0 Å². The SMILES string of the molecule is CCCNCCc1ccccc1COCCC(C)(C)OC. The molecular formula is C18H31NO2. The topological polar surface area (TPSA) is 30.5 Å². The lowest BCUT2D eigenvalue weighted by Crippen LogP contribution is -2.24. The van der Waals surface area contributed by atoms with Crippen LogP contribution in [0.5, 0.6) is 0 Å². The lowest BCUT2D eigenvalue weighted by Gasteiger charge is -2.22. The predicted molar refractivity (Wildman–Crippen MR) is 88.7 cm³/mol. The summed E-state index contributed by atoms with van der Waals surface area (Å²) in [6.45, 7) is 9.89. The van der Waals surface area contributed by atoms with Gasteiger partial charge in [0.1, 0.15) is 0 Å². The molecule has 0 fully saturated rings. The molecule has 1 rings (SSSR count). The first-order valence-corrected chi connectivity index (χ1v) is 7.99. The first-order valence-electron chi connectivity index (χ1n) is 7.99. The van der Waals surface area contributed by atoms with E-state index in [1.807, 2.05) is 0 Å². The molecule has 21 heavy (non-hydrogen) atoms. The van der Waals surface area contributed by atoms with E-state index in [-0.39, 0.29) is 5.60 Å². The van der Waals surface area contributed by atoms with Crippen LogP contribution >= 0.6 is 0 Å². The molecule has 0 radical (unpaired) electrons. The molecule has 0 spiro atoms. The molecule has 0 aliphatic heterocycles. The number of nitrogens with one attached hydrogen (secondary N) is 1. The van der Waals surface area contributed by atoms with Crippen LogP contribution in [0.1, 0.15) is 44.7 Å². The van der Waals surface area contributed by atoms with E-state index in [0.29, 0.717) is 6.61 Å². The monoisotopic (exact) mass is 293 g/mol. The fourth-order valence-electron chi connectivity index (χ4n) is 2.07. The van der Waals surface area contributed by atoms with Crippen molar-refractivity contribution in [1.29, 1.82) is 0 Å². The molecular weight excluding hydrogens is 262 g/mol. The van der Waals surface area contributed by atoms with Crippen molar-refractivity contribution in [2.45, 2.75) is 52.2 Å². The highest BCUT2D eigenvalue weighted by Crippen LogP contribution is 2.15. The average Bonchev–Trinajstić information content (AvgIpc) is 2.49. The van der Waals surface area contributed by atoms with Crippen molar-refractivity contribution in [2.24, 2.45) is 0 Å². The van der Waals surface area contributed by atoms with Crippen molar-refractivity contribution < 1.29 is 9.47 Å². The third-order valence-electron chi connectivity index (χ3n) is 3.77. The number of hydrogen-bond donors (Lipinski definition) is 1. The summed E-state index contributed by atoms with van der Waals surface area (Å²) in [6, 6.07) is 8.55. The van der Waals surface area contributed by atoms with Crippen LogP contribution in [-0.2, 0) is 22.5 Å². The molecule has 0 aliphatic carbocycles. The maximum absolute atomic E-state index is 5.83. The Morgan fingerprint density at radius 1 is 1.10 bits per heavy atom. The van der Waals surface area contributed by atoms with E-state index in [1.54, 1.807) is 7.11 Å². The molecule has 0 aliphatic rings. The quantitative estimate of drug-likeness (QED) is 0.633. The fourth-order valence-corrected chi connectivity index (χ4v) is 2.07. The molecule has 1 aromatic carbocycles. The first-order chi connectivity index (χ1) is 10.1. The van der Waals surface area contributed by atoms with E-state index in [2.05, 4.69) is 50.4 Å². The number of rotatable bonds is 11. The minimum atomic E-state index is -0.108. The Kier molecular flexibility index (Phi) is 8.58. The lowest BCUT2D eigenvalue weighted by atomic mass is 10.0. The van der Waals surface area contributed by atoms with E-state index >= 15 is 0 Å². The Morgan fingerprint density at radius 2 is 1.81 bits per heavy atom. The fraction of sp³-hybridized carbons (Fsp3) is 0.667. The van der Waals surface area contributed by atoms with Crippen molar-refractivity contribution in [3.63, 3.8) is 0 Å². The lowest BCUT2D eigenvalue weighted by molar-refractivity contribution is -0.0125. The number of hydrogen-bond acceptors (Lipinski definition) is 3. The highest BCUT2D eigenvalue weighted by Gasteiger charge is 2.15. The van der Waals surface area contributed by atoms with Gasteiger partial charge in [-0.15, -0.1) is 0 Å². The molecule has 3 nitrogen and oxygen atoms in total. The molecule has 1 N–H and O–H groups in total. The molecule has 0 saturated heterocycles. The van der Waals surface area contributed by atoms with Gasteiger partial charge in [-0.05, 0) is 57.3 Å². The smallest absolute Gasteiger partial charge is 0.0719 e. The molecule has 0 amide bonds. The molecule has 0 bridgehead atoms. The minimum absolute atomic E-state index is 0.108. The van der Waals surface area contributed by atoms with Gasteiger partial charge in [-0.3, -0.25) is 0 Å². The third-order valence-corrected chi connectivity index (χ3v) is 3.77. The molecule has 0 unspecified atom stereocenters. The summed E-state index contributed by atoms with van der Waals surface area (Å²) in [5.41, 5.74) is 2.57. The molecule has 120 valence electrons. The van der Waals surface area contributed by atoms with Crippen LogP contribution in [0.25, 0.3) is 0 Å². The van der Waals surface area contributed by atoms with E-state index in [9.17, 15) is 0 Å². The Labute approximate surface area is 130 Å². The van der Waals surface area contributed by atoms with Gasteiger partial charge in [-0.25, -0.2) is 0 Å². The Bertz CT molecular complexity index is 391.